The molecule has 1 spiro atoms. The number of amides is 2. The highest BCUT2D eigenvalue weighted by Gasteiger charge is 2.59. The first-order valence-electron chi connectivity index (χ1n) is 10.3. The van der Waals surface area contributed by atoms with Crippen molar-refractivity contribution in [3.05, 3.63) is 101 Å². The van der Waals surface area contributed by atoms with Crippen molar-refractivity contribution >= 4 is 29.3 Å². The molecule has 0 bridgehead atoms. The smallest absolute Gasteiger partial charge is 0.268 e. The normalized spacial score (nSPS) is 19.7. The van der Waals surface area contributed by atoms with Gasteiger partial charge in [0, 0.05) is 29.0 Å². The maximum Gasteiger partial charge on any atom is 0.268 e. The lowest BCUT2D eigenvalue weighted by atomic mass is 10.0. The van der Waals surface area contributed by atoms with Crippen molar-refractivity contribution in [2.75, 3.05) is 17.2 Å². The zero-order chi connectivity index (χ0) is 22.5. The average molecular weight is 451 g/mol. The molecule has 0 N–H and O–H groups in total. The van der Waals surface area contributed by atoms with E-state index >= 15 is 0 Å². The number of halogens is 2. The van der Waals surface area contributed by atoms with Crippen LogP contribution in [0, 0.1) is 18.6 Å². The van der Waals surface area contributed by atoms with Crippen LogP contribution in [-0.2, 0) is 16.2 Å². The van der Waals surface area contributed by atoms with Crippen LogP contribution in [0.5, 0.6) is 0 Å². The number of anilines is 1. The van der Waals surface area contributed by atoms with Gasteiger partial charge in [0.15, 0.2) is 4.87 Å². The zero-order valence-electron chi connectivity index (χ0n) is 17.3. The molecule has 1 fully saturated rings. The first-order chi connectivity index (χ1) is 15.4. The highest BCUT2D eigenvalue weighted by atomic mass is 32.2. The van der Waals surface area contributed by atoms with Crippen molar-refractivity contribution in [3.63, 3.8) is 0 Å². The fraction of sp³-hybridized carbons (Fsp3) is 0.200. The molecule has 0 aliphatic carbocycles. The van der Waals surface area contributed by atoms with E-state index in [2.05, 4.69) is 0 Å². The van der Waals surface area contributed by atoms with E-state index in [1.165, 1.54) is 42.1 Å². The van der Waals surface area contributed by atoms with Gasteiger partial charge in [0.05, 0.1) is 12.2 Å². The van der Waals surface area contributed by atoms with Gasteiger partial charge in [0.2, 0.25) is 0 Å². The molecule has 3 aromatic carbocycles. The Labute approximate surface area is 188 Å². The van der Waals surface area contributed by atoms with E-state index in [9.17, 15) is 18.4 Å². The Balaban J connectivity index is 1.60. The van der Waals surface area contributed by atoms with Gasteiger partial charge in [-0.3, -0.25) is 9.59 Å². The Bertz CT molecular complexity index is 1230. The van der Waals surface area contributed by atoms with E-state index in [1.54, 1.807) is 28.0 Å². The Morgan fingerprint density at radius 1 is 1.06 bits per heavy atom. The van der Waals surface area contributed by atoms with E-state index in [0.717, 1.165) is 11.1 Å². The molecule has 0 saturated carbocycles. The van der Waals surface area contributed by atoms with Crippen molar-refractivity contribution < 1.29 is 18.4 Å². The summed E-state index contributed by atoms with van der Waals surface area (Å²) in [6.07, 6.45) is 0. The topological polar surface area (TPSA) is 40.6 Å². The second-order valence-corrected chi connectivity index (χ2v) is 9.25. The van der Waals surface area contributed by atoms with Crippen molar-refractivity contribution in [2.45, 2.75) is 18.3 Å². The molecule has 2 heterocycles. The minimum absolute atomic E-state index is 0.0719. The first-order valence-corrected chi connectivity index (χ1v) is 11.3. The molecular weight excluding hydrogens is 430 g/mol. The maximum atomic E-state index is 14.4. The van der Waals surface area contributed by atoms with Crippen LogP contribution >= 0.6 is 11.8 Å². The van der Waals surface area contributed by atoms with Crippen molar-refractivity contribution in [2.24, 2.45) is 0 Å². The molecule has 2 aliphatic rings. The predicted octanol–water partition coefficient (Wildman–Crippen LogP) is 4.86. The Morgan fingerprint density at radius 3 is 2.56 bits per heavy atom. The molecule has 1 saturated heterocycles. The molecule has 162 valence electrons. The largest absolute Gasteiger partial charge is 0.311 e. The van der Waals surface area contributed by atoms with Crippen LogP contribution < -0.4 is 4.90 Å². The standard InChI is InChI=1S/C25H20F2N2O2S/c1-16-6-11-22-20(14-16)25(24(31)28(22)15-18-4-2-3-5-21(18)27)29(12-13-32-25)23(30)17-7-9-19(26)10-8-17/h2-11,14H,12-13,15H2,1H3. The Hall–Kier alpha value is -3.19. The molecule has 4 nitrogen and oxygen atoms in total. The quantitative estimate of drug-likeness (QED) is 0.572. The number of nitrogens with zero attached hydrogens (tertiary/aromatic N) is 2. The van der Waals surface area contributed by atoms with Gasteiger partial charge >= 0.3 is 0 Å². The first kappa shape index (κ1) is 20.7. The third kappa shape index (κ3) is 3.11. The van der Waals surface area contributed by atoms with Crippen molar-refractivity contribution in [1.29, 1.82) is 0 Å². The van der Waals surface area contributed by atoms with Crippen LogP contribution in [0.15, 0.2) is 66.7 Å². The van der Waals surface area contributed by atoms with E-state index in [0.29, 0.717) is 29.1 Å². The van der Waals surface area contributed by atoms with Crippen LogP contribution in [0.4, 0.5) is 14.5 Å². The molecule has 1 unspecified atom stereocenters. The SMILES string of the molecule is Cc1ccc2c(c1)C1(SCCN1C(=O)c1ccc(F)cc1)C(=O)N2Cc1ccccc1F. The molecule has 0 radical (unpaired) electrons. The van der Waals surface area contributed by atoms with Gasteiger partial charge in [-0.05, 0) is 43.3 Å². The molecule has 2 aliphatic heterocycles. The van der Waals surface area contributed by atoms with Crippen LogP contribution in [0.25, 0.3) is 0 Å². The summed E-state index contributed by atoms with van der Waals surface area (Å²) in [5.41, 5.74) is 3.10. The van der Waals surface area contributed by atoms with E-state index in [4.69, 9.17) is 0 Å². The number of thioether (sulfide) groups is 1. The Morgan fingerprint density at radius 2 is 1.81 bits per heavy atom. The summed E-state index contributed by atoms with van der Waals surface area (Å²) in [7, 11) is 0. The molecular formula is C25H20F2N2O2S. The van der Waals surface area contributed by atoms with Crippen LogP contribution in [0.2, 0.25) is 0 Å². The number of aryl methyl sites for hydroxylation is 1. The van der Waals surface area contributed by atoms with Crippen LogP contribution in [-0.4, -0.2) is 29.0 Å². The predicted molar refractivity (Wildman–Crippen MR) is 120 cm³/mol. The lowest BCUT2D eigenvalue weighted by Gasteiger charge is -2.33. The average Bonchev–Trinajstić information content (AvgIpc) is 3.32. The minimum atomic E-state index is -1.22. The van der Waals surface area contributed by atoms with Crippen LogP contribution in [0.1, 0.15) is 27.0 Å². The molecule has 5 rings (SSSR count). The van der Waals surface area contributed by atoms with Gasteiger partial charge in [0.1, 0.15) is 11.6 Å². The summed E-state index contributed by atoms with van der Waals surface area (Å²) in [6.45, 7) is 2.39. The summed E-state index contributed by atoms with van der Waals surface area (Å²) in [5.74, 6) is -0.823. The van der Waals surface area contributed by atoms with Gasteiger partial charge in [-0.1, -0.05) is 35.9 Å². The second-order valence-electron chi connectivity index (χ2n) is 7.96. The highest BCUT2D eigenvalue weighted by molar-refractivity contribution is 8.01. The monoisotopic (exact) mass is 450 g/mol. The molecule has 7 heteroatoms. The third-order valence-corrected chi connectivity index (χ3v) is 7.39. The summed E-state index contributed by atoms with van der Waals surface area (Å²) in [6, 6.07) is 17.4. The number of hydrogen-bond donors (Lipinski definition) is 0. The van der Waals surface area contributed by atoms with Gasteiger partial charge < -0.3 is 9.80 Å². The fourth-order valence-corrected chi connectivity index (χ4v) is 5.88. The molecule has 32 heavy (non-hydrogen) atoms. The maximum absolute atomic E-state index is 14.4. The number of rotatable bonds is 3. The van der Waals surface area contributed by atoms with E-state index in [-0.39, 0.29) is 24.2 Å². The van der Waals surface area contributed by atoms with E-state index < -0.39 is 10.7 Å². The number of hydrogen-bond acceptors (Lipinski definition) is 3. The summed E-state index contributed by atoms with van der Waals surface area (Å²) in [4.78, 5) is 29.3. The van der Waals surface area contributed by atoms with Gasteiger partial charge in [-0.2, -0.15) is 0 Å². The summed E-state index contributed by atoms with van der Waals surface area (Å²) in [5, 5.41) is 0. The second kappa shape index (κ2) is 7.74. The number of carbonyl (C=O) groups is 2. The van der Waals surface area contributed by atoms with Gasteiger partial charge in [-0.25, -0.2) is 8.78 Å². The zero-order valence-corrected chi connectivity index (χ0v) is 18.2. The van der Waals surface area contributed by atoms with E-state index in [1.807, 2.05) is 25.1 Å². The lowest BCUT2D eigenvalue weighted by Crippen LogP contribution is -2.50. The van der Waals surface area contributed by atoms with Crippen molar-refractivity contribution in [1.82, 2.24) is 4.90 Å². The Kier molecular flexibility index (Phi) is 5.01. The molecule has 1 atom stereocenters. The van der Waals surface area contributed by atoms with Gasteiger partial charge in [-0.15, -0.1) is 11.8 Å². The minimum Gasteiger partial charge on any atom is -0.311 e. The number of carbonyl (C=O) groups excluding carboxylic acids is 2. The highest BCUT2D eigenvalue weighted by Crippen LogP contribution is 2.55. The van der Waals surface area contributed by atoms with Gasteiger partial charge in [0.25, 0.3) is 11.8 Å². The molecule has 2 amide bonds. The molecule has 3 aromatic rings. The third-order valence-electron chi connectivity index (χ3n) is 5.97. The summed E-state index contributed by atoms with van der Waals surface area (Å²) >= 11 is 1.41. The number of benzene rings is 3. The summed E-state index contributed by atoms with van der Waals surface area (Å²) < 4.78 is 27.8. The van der Waals surface area contributed by atoms with Crippen molar-refractivity contribution in [3.8, 4) is 0 Å². The molecule has 0 aromatic heterocycles. The fourth-order valence-electron chi connectivity index (χ4n) is 4.43. The van der Waals surface area contributed by atoms with Crippen LogP contribution in [0.3, 0.4) is 0 Å². The number of fused-ring (bicyclic) bond motifs is 2. The lowest BCUT2D eigenvalue weighted by molar-refractivity contribution is -0.123.